The summed E-state index contributed by atoms with van der Waals surface area (Å²) in [6.07, 6.45) is 1.36. The van der Waals surface area contributed by atoms with Crippen molar-refractivity contribution in [1.82, 2.24) is 0 Å². The second kappa shape index (κ2) is 7.67. The molecule has 0 N–H and O–H groups in total. The molecule has 3 aliphatic carbocycles. The van der Waals surface area contributed by atoms with E-state index in [0.717, 1.165) is 27.2 Å². The van der Waals surface area contributed by atoms with Crippen LogP contribution in [0.5, 0.6) is 5.75 Å². The molecule has 36 heavy (non-hydrogen) atoms. The molecular formula is C29H18ClNO5. The van der Waals surface area contributed by atoms with E-state index in [4.69, 9.17) is 20.8 Å². The summed E-state index contributed by atoms with van der Waals surface area (Å²) in [6, 6.07) is 23.7. The van der Waals surface area contributed by atoms with Crippen LogP contribution in [-0.4, -0.2) is 17.8 Å². The van der Waals surface area contributed by atoms with Crippen molar-refractivity contribution in [2.75, 3.05) is 4.90 Å². The first-order chi connectivity index (χ1) is 17.5. The molecule has 1 aliphatic heterocycles. The minimum atomic E-state index is -0.736. The van der Waals surface area contributed by atoms with Gasteiger partial charge in [-0.15, -0.1) is 0 Å². The lowest BCUT2D eigenvalue weighted by atomic mass is 9.55. The van der Waals surface area contributed by atoms with E-state index >= 15 is 0 Å². The van der Waals surface area contributed by atoms with Gasteiger partial charge in [-0.25, -0.2) is 9.69 Å². The van der Waals surface area contributed by atoms with Gasteiger partial charge in [-0.1, -0.05) is 60.1 Å². The number of ether oxygens (including phenoxy) is 1. The molecule has 0 unspecified atom stereocenters. The summed E-state index contributed by atoms with van der Waals surface area (Å²) in [5.74, 6) is -2.89. The Morgan fingerprint density at radius 1 is 0.778 bits per heavy atom. The maximum absolute atomic E-state index is 14.0. The van der Waals surface area contributed by atoms with Crippen molar-refractivity contribution in [3.05, 3.63) is 118 Å². The first kappa shape index (κ1) is 21.1. The highest BCUT2D eigenvalue weighted by molar-refractivity contribution is 6.32. The van der Waals surface area contributed by atoms with E-state index in [2.05, 4.69) is 24.3 Å². The number of esters is 1. The Labute approximate surface area is 211 Å². The first-order valence-corrected chi connectivity index (χ1v) is 12.0. The number of benzene rings is 3. The average Bonchev–Trinajstić information content (AvgIpc) is 3.53. The number of carbonyl (C=O) groups is 3. The van der Waals surface area contributed by atoms with Crippen LogP contribution in [0.15, 0.2) is 89.5 Å². The minimum Gasteiger partial charge on any atom is -0.457 e. The van der Waals surface area contributed by atoms with Crippen molar-refractivity contribution in [3.8, 4) is 5.75 Å². The quantitative estimate of drug-likeness (QED) is 0.211. The molecule has 0 spiro atoms. The SMILES string of the molecule is O=C(Oc1ccc(Cl)cc1N1C(=O)[C@H]2C3c4ccccc4C(c4ccccc43)[C@@H]2C1=O)c1ccco1. The second-order valence-electron chi connectivity index (χ2n) is 9.26. The fraction of sp³-hybridized carbons (Fsp3) is 0.138. The van der Waals surface area contributed by atoms with E-state index in [1.165, 1.54) is 24.5 Å². The van der Waals surface area contributed by atoms with E-state index < -0.39 is 17.8 Å². The molecule has 176 valence electrons. The highest BCUT2D eigenvalue weighted by Crippen LogP contribution is 2.61. The van der Waals surface area contributed by atoms with Crippen LogP contribution in [0.4, 0.5) is 5.69 Å². The van der Waals surface area contributed by atoms with Crippen molar-refractivity contribution in [1.29, 1.82) is 0 Å². The Kier molecular flexibility index (Phi) is 4.51. The Balaban J connectivity index is 1.35. The van der Waals surface area contributed by atoms with Gasteiger partial charge < -0.3 is 9.15 Å². The van der Waals surface area contributed by atoms with Gasteiger partial charge in [-0.05, 0) is 52.6 Å². The van der Waals surface area contributed by atoms with Gasteiger partial charge in [0.05, 0.1) is 23.8 Å². The Bertz CT molecular complexity index is 1460. The molecule has 3 aromatic carbocycles. The summed E-state index contributed by atoms with van der Waals surface area (Å²) >= 11 is 6.29. The number of nitrogens with zero attached hydrogens (tertiary/aromatic N) is 1. The number of amides is 2. The van der Waals surface area contributed by atoms with Gasteiger partial charge in [0.15, 0.2) is 5.75 Å². The summed E-state index contributed by atoms with van der Waals surface area (Å²) in [4.78, 5) is 41.9. The molecule has 1 aromatic heterocycles. The predicted octanol–water partition coefficient (Wildman–Crippen LogP) is 5.55. The van der Waals surface area contributed by atoms with Gasteiger partial charge in [0.25, 0.3) is 0 Å². The summed E-state index contributed by atoms with van der Waals surface area (Å²) in [5, 5.41) is 0.313. The lowest BCUT2D eigenvalue weighted by Crippen LogP contribution is -2.41. The molecule has 2 heterocycles. The lowest BCUT2D eigenvalue weighted by Gasteiger charge is -2.45. The van der Waals surface area contributed by atoms with Gasteiger partial charge in [-0.2, -0.15) is 0 Å². The monoisotopic (exact) mass is 495 g/mol. The molecule has 2 atom stereocenters. The normalized spacial score (nSPS) is 23.3. The highest BCUT2D eigenvalue weighted by Gasteiger charge is 2.62. The number of furan rings is 1. The van der Waals surface area contributed by atoms with Gasteiger partial charge >= 0.3 is 5.97 Å². The number of rotatable bonds is 3. The zero-order chi connectivity index (χ0) is 24.6. The average molecular weight is 496 g/mol. The predicted molar refractivity (Wildman–Crippen MR) is 131 cm³/mol. The summed E-state index contributed by atoms with van der Waals surface area (Å²) in [5.41, 5.74) is 4.49. The number of imide groups is 1. The maximum atomic E-state index is 14.0. The molecule has 2 bridgehead atoms. The fourth-order valence-electron chi connectivity index (χ4n) is 6.21. The Hall–Kier alpha value is -4.16. The van der Waals surface area contributed by atoms with Gasteiger partial charge in [0, 0.05) is 16.9 Å². The van der Waals surface area contributed by atoms with Crippen LogP contribution in [0.25, 0.3) is 0 Å². The van der Waals surface area contributed by atoms with Crippen molar-refractivity contribution in [2.45, 2.75) is 11.8 Å². The molecule has 7 heteroatoms. The van der Waals surface area contributed by atoms with Gasteiger partial charge in [-0.3, -0.25) is 9.59 Å². The van der Waals surface area contributed by atoms with Crippen molar-refractivity contribution >= 4 is 35.1 Å². The van der Waals surface area contributed by atoms with E-state index in [-0.39, 0.29) is 40.8 Å². The third kappa shape index (κ3) is 2.82. The Morgan fingerprint density at radius 2 is 1.33 bits per heavy atom. The summed E-state index contributed by atoms with van der Waals surface area (Å²) in [7, 11) is 0. The molecule has 0 saturated carbocycles. The second-order valence-corrected chi connectivity index (χ2v) is 9.69. The topological polar surface area (TPSA) is 76.8 Å². The number of anilines is 1. The smallest absolute Gasteiger partial charge is 0.379 e. The van der Waals surface area contributed by atoms with Crippen molar-refractivity contribution < 1.29 is 23.5 Å². The van der Waals surface area contributed by atoms with E-state index in [9.17, 15) is 14.4 Å². The van der Waals surface area contributed by atoms with Crippen LogP contribution < -0.4 is 9.64 Å². The van der Waals surface area contributed by atoms with Crippen LogP contribution >= 0.6 is 11.6 Å². The van der Waals surface area contributed by atoms with Crippen molar-refractivity contribution in [3.63, 3.8) is 0 Å². The summed E-state index contributed by atoms with van der Waals surface area (Å²) in [6.45, 7) is 0. The fourth-order valence-corrected chi connectivity index (χ4v) is 6.38. The highest BCUT2D eigenvalue weighted by atomic mass is 35.5. The zero-order valence-electron chi connectivity index (χ0n) is 18.8. The van der Waals surface area contributed by atoms with Crippen LogP contribution in [0.2, 0.25) is 5.02 Å². The third-order valence-electron chi connectivity index (χ3n) is 7.54. The first-order valence-electron chi connectivity index (χ1n) is 11.7. The molecule has 0 radical (unpaired) electrons. The molecule has 6 nitrogen and oxygen atoms in total. The minimum absolute atomic E-state index is 0.00703. The van der Waals surface area contributed by atoms with Crippen LogP contribution in [0, 0.1) is 11.8 Å². The number of hydrogen-bond acceptors (Lipinski definition) is 5. The van der Waals surface area contributed by atoms with Gasteiger partial charge in [0.2, 0.25) is 17.6 Å². The number of halogens is 1. The molecule has 4 aromatic rings. The van der Waals surface area contributed by atoms with Crippen LogP contribution in [-0.2, 0) is 9.59 Å². The molecule has 8 rings (SSSR count). The van der Waals surface area contributed by atoms with Crippen LogP contribution in [0.1, 0.15) is 44.6 Å². The molecule has 2 amide bonds. The zero-order valence-corrected chi connectivity index (χ0v) is 19.5. The number of hydrogen-bond donors (Lipinski definition) is 0. The van der Waals surface area contributed by atoms with Crippen LogP contribution in [0.3, 0.4) is 0 Å². The van der Waals surface area contributed by atoms with E-state index in [1.807, 2.05) is 24.3 Å². The maximum Gasteiger partial charge on any atom is 0.379 e. The lowest BCUT2D eigenvalue weighted by molar-refractivity contribution is -0.122. The van der Waals surface area contributed by atoms with Crippen molar-refractivity contribution in [2.24, 2.45) is 11.8 Å². The van der Waals surface area contributed by atoms with E-state index in [1.54, 1.807) is 12.1 Å². The third-order valence-corrected chi connectivity index (χ3v) is 7.77. The Morgan fingerprint density at radius 3 is 1.83 bits per heavy atom. The standard InChI is InChI=1S/C29H18ClNO5/c30-15-11-12-21(36-29(34)22-10-5-13-35-22)20(14-15)31-27(32)25-23-16-6-1-2-7-17(16)24(26(25)28(31)33)19-9-4-3-8-18(19)23/h1-14,23-26H/t23?,24?,25-,26-/m0/s1. The molecule has 1 saturated heterocycles. The van der Waals surface area contributed by atoms with Gasteiger partial charge in [0.1, 0.15) is 0 Å². The number of carbonyl (C=O) groups excluding carboxylic acids is 3. The molecule has 4 aliphatic rings. The molecule has 1 fully saturated rings. The largest absolute Gasteiger partial charge is 0.457 e. The summed E-state index contributed by atoms with van der Waals surface area (Å²) < 4.78 is 10.7. The van der Waals surface area contributed by atoms with E-state index in [0.29, 0.717) is 5.02 Å². The molecular weight excluding hydrogens is 478 g/mol.